The third kappa shape index (κ3) is 7.48. The summed E-state index contributed by atoms with van der Waals surface area (Å²) in [4.78, 5) is 64.8. The number of hydrogen-bond acceptors (Lipinski definition) is 9. The number of carbonyl (C=O) groups is 5. The minimum atomic E-state index is -5.01. The summed E-state index contributed by atoms with van der Waals surface area (Å²) in [6.07, 6.45) is 6.29. The predicted molar refractivity (Wildman–Crippen MR) is 103 cm³/mol. The van der Waals surface area contributed by atoms with Crippen LogP contribution in [-0.4, -0.2) is 63.8 Å². The molecule has 2 aliphatic rings. The third-order valence-electron chi connectivity index (χ3n) is 5.10. The Labute approximate surface area is 208 Å². The van der Waals surface area contributed by atoms with Crippen LogP contribution < -0.4 is 29.6 Å². The largest absolute Gasteiger partial charge is 1.00 e. The second kappa shape index (κ2) is 12.6. The summed E-state index contributed by atoms with van der Waals surface area (Å²) in [6.45, 7) is 1.97. The van der Waals surface area contributed by atoms with Gasteiger partial charge in [0.05, 0.1) is 6.42 Å². The van der Waals surface area contributed by atoms with Gasteiger partial charge in [-0.25, -0.2) is 13.2 Å². The van der Waals surface area contributed by atoms with Crippen molar-refractivity contribution in [3.8, 4) is 0 Å². The van der Waals surface area contributed by atoms with E-state index in [1.165, 1.54) is 17.1 Å². The van der Waals surface area contributed by atoms with Crippen LogP contribution in [0.2, 0.25) is 0 Å². The molecule has 2 rings (SSSR count). The van der Waals surface area contributed by atoms with Crippen LogP contribution in [-0.2, 0) is 38.9 Å². The fourth-order valence-electron chi connectivity index (χ4n) is 3.56. The Balaban J connectivity index is 0.00000512. The van der Waals surface area contributed by atoms with Crippen LogP contribution in [0, 0.1) is 0 Å². The molecule has 0 aliphatic carbocycles. The average molecular weight is 480 g/mol. The summed E-state index contributed by atoms with van der Waals surface area (Å²) in [5, 5.41) is -2.01. The van der Waals surface area contributed by atoms with Crippen LogP contribution in [0.1, 0.15) is 64.7 Å². The summed E-state index contributed by atoms with van der Waals surface area (Å²) in [7, 11) is -5.01. The van der Waals surface area contributed by atoms with Gasteiger partial charge in [-0.2, -0.15) is 0 Å². The number of rotatable bonds is 12. The van der Waals surface area contributed by atoms with Crippen LogP contribution in [0.4, 0.5) is 0 Å². The molecule has 1 fully saturated rings. The maximum Gasteiger partial charge on any atom is 1.00 e. The molecule has 32 heavy (non-hydrogen) atoms. The summed E-state index contributed by atoms with van der Waals surface area (Å²) in [5.41, 5.74) is 0. The van der Waals surface area contributed by atoms with Gasteiger partial charge in [0.1, 0.15) is 15.4 Å². The molecule has 0 N–H and O–H groups in total. The van der Waals surface area contributed by atoms with Crippen molar-refractivity contribution in [1.29, 1.82) is 0 Å². The van der Waals surface area contributed by atoms with Gasteiger partial charge in [-0.3, -0.25) is 24.1 Å². The topological polar surface area (TPSA) is 158 Å². The van der Waals surface area contributed by atoms with E-state index in [2.05, 4.69) is 4.84 Å². The first-order valence-corrected chi connectivity index (χ1v) is 11.6. The van der Waals surface area contributed by atoms with Crippen LogP contribution in [0.15, 0.2) is 12.2 Å². The van der Waals surface area contributed by atoms with Crippen molar-refractivity contribution in [3.05, 3.63) is 12.2 Å². The molecule has 0 radical (unpaired) electrons. The molecular weight excluding hydrogens is 455 g/mol. The molecule has 13 heteroatoms. The molecule has 172 valence electrons. The fraction of sp³-hybridized carbons (Fsp3) is 0.632. The van der Waals surface area contributed by atoms with Crippen molar-refractivity contribution in [2.75, 3.05) is 0 Å². The molecule has 11 nitrogen and oxygen atoms in total. The van der Waals surface area contributed by atoms with Gasteiger partial charge in [0, 0.05) is 24.6 Å². The van der Waals surface area contributed by atoms with E-state index in [4.69, 9.17) is 0 Å². The first kappa shape index (κ1) is 28.4. The smallest absolute Gasteiger partial charge is 0.747 e. The minimum Gasteiger partial charge on any atom is -0.747 e. The zero-order chi connectivity index (χ0) is 23.2. The van der Waals surface area contributed by atoms with E-state index in [1.807, 2.05) is 6.92 Å². The zero-order valence-corrected chi connectivity index (χ0v) is 21.0. The zero-order valence-electron chi connectivity index (χ0n) is 18.2. The number of imide groups is 2. The average Bonchev–Trinajstić information content (AvgIpc) is 3.16. The minimum absolute atomic E-state index is 0. The van der Waals surface area contributed by atoms with Gasteiger partial charge in [-0.05, 0) is 19.3 Å². The molecule has 1 saturated heterocycles. The number of hydroxylamine groups is 2. The Bertz CT molecular complexity index is 869. The van der Waals surface area contributed by atoms with E-state index < -0.39 is 39.6 Å². The van der Waals surface area contributed by atoms with Gasteiger partial charge in [0.15, 0.2) is 0 Å². The van der Waals surface area contributed by atoms with Crippen LogP contribution in [0.25, 0.3) is 0 Å². The first-order valence-electron chi connectivity index (χ1n) is 10.1. The van der Waals surface area contributed by atoms with Crippen molar-refractivity contribution in [1.82, 2.24) is 9.96 Å². The Kier molecular flexibility index (Phi) is 11.2. The monoisotopic (exact) mass is 480 g/mol. The standard InChI is InChI=1S/C19H26N2O9S.Na/c1-2-7-13(20-15(22)10-11-16(20)23)8-5-3-4-6-9-18(25)30-21-17(24)12-14(19(21)26)31(27,28)29;/h10-11,13-14H,2-9,12H2,1H3,(H,27,28,29);/q;+1/p-1. The molecule has 2 aliphatic heterocycles. The summed E-state index contributed by atoms with van der Waals surface area (Å²) in [6, 6.07) is -0.164. The van der Waals surface area contributed by atoms with E-state index in [9.17, 15) is 36.9 Å². The number of unbranched alkanes of at least 4 members (excludes halogenated alkanes) is 3. The summed E-state index contributed by atoms with van der Waals surface area (Å²) >= 11 is 0. The Morgan fingerprint density at radius 2 is 1.69 bits per heavy atom. The second-order valence-corrected chi connectivity index (χ2v) is 9.01. The van der Waals surface area contributed by atoms with E-state index in [0.29, 0.717) is 25.7 Å². The summed E-state index contributed by atoms with van der Waals surface area (Å²) in [5.74, 6) is -3.89. The Morgan fingerprint density at radius 1 is 1.09 bits per heavy atom. The molecule has 0 spiro atoms. The van der Waals surface area contributed by atoms with Gasteiger partial charge in [0.25, 0.3) is 23.6 Å². The predicted octanol–water partition coefficient (Wildman–Crippen LogP) is -2.44. The molecule has 0 aromatic rings. The molecule has 0 bridgehead atoms. The third-order valence-corrected chi connectivity index (χ3v) is 6.17. The Hall–Kier alpha value is -1.60. The van der Waals surface area contributed by atoms with E-state index >= 15 is 0 Å². The number of nitrogens with zero attached hydrogens (tertiary/aromatic N) is 2. The molecule has 2 atom stereocenters. The fourth-order valence-corrected chi connectivity index (χ4v) is 4.25. The Morgan fingerprint density at radius 3 is 2.22 bits per heavy atom. The quantitative estimate of drug-likeness (QED) is 0.128. The second-order valence-electron chi connectivity index (χ2n) is 7.45. The van der Waals surface area contributed by atoms with Gasteiger partial charge in [0.2, 0.25) is 0 Å². The van der Waals surface area contributed by atoms with Gasteiger partial charge in [-0.15, -0.1) is 5.06 Å². The molecule has 0 saturated carbocycles. The number of carbonyl (C=O) groups excluding carboxylic acids is 5. The van der Waals surface area contributed by atoms with E-state index in [0.717, 1.165) is 19.3 Å². The number of hydrogen-bond donors (Lipinski definition) is 0. The van der Waals surface area contributed by atoms with E-state index in [1.54, 1.807) is 0 Å². The van der Waals surface area contributed by atoms with Crippen LogP contribution in [0.3, 0.4) is 0 Å². The SMILES string of the molecule is CCCC(CCCCCCC(=O)ON1C(=O)CC(S(=O)(=O)[O-])C1=O)N1C(=O)C=CC1=O.[Na+]. The van der Waals surface area contributed by atoms with Crippen molar-refractivity contribution in [2.45, 2.75) is 76.0 Å². The maximum absolute atomic E-state index is 11.8. The van der Waals surface area contributed by atoms with Gasteiger partial charge < -0.3 is 9.39 Å². The van der Waals surface area contributed by atoms with Gasteiger partial charge >= 0.3 is 35.5 Å². The molecule has 0 aromatic heterocycles. The van der Waals surface area contributed by atoms with Crippen molar-refractivity contribution < 1.29 is 71.3 Å². The maximum atomic E-state index is 11.8. The molecular formula is C19H25N2NaO9S. The molecule has 0 aromatic carbocycles. The van der Waals surface area contributed by atoms with Crippen LogP contribution >= 0.6 is 0 Å². The first-order chi connectivity index (χ1) is 14.6. The molecule has 4 amide bonds. The number of amides is 4. The summed E-state index contributed by atoms with van der Waals surface area (Å²) < 4.78 is 32.9. The van der Waals surface area contributed by atoms with Gasteiger partial charge in [-0.1, -0.05) is 32.6 Å². The van der Waals surface area contributed by atoms with Crippen molar-refractivity contribution >= 4 is 39.7 Å². The molecule has 2 heterocycles. The normalized spacial score (nSPS) is 19.5. The van der Waals surface area contributed by atoms with Crippen molar-refractivity contribution in [2.24, 2.45) is 0 Å². The van der Waals surface area contributed by atoms with Crippen LogP contribution in [0.5, 0.6) is 0 Å². The van der Waals surface area contributed by atoms with E-state index in [-0.39, 0.29) is 58.9 Å². The van der Waals surface area contributed by atoms with Crippen molar-refractivity contribution in [3.63, 3.8) is 0 Å². The molecule has 2 unspecified atom stereocenters.